The quantitative estimate of drug-likeness (QED) is 0.877. The lowest BCUT2D eigenvalue weighted by molar-refractivity contribution is -0.141. The molecule has 0 saturated carbocycles. The Kier molecular flexibility index (Phi) is 4.25. The highest BCUT2D eigenvalue weighted by atomic mass is 16.7. The Labute approximate surface area is 156 Å². The van der Waals surface area contributed by atoms with Gasteiger partial charge in [-0.25, -0.2) is 4.98 Å². The van der Waals surface area contributed by atoms with Crippen LogP contribution in [0.2, 0.25) is 0 Å². The van der Waals surface area contributed by atoms with Crippen molar-refractivity contribution < 1.29 is 24.2 Å². The van der Waals surface area contributed by atoms with Gasteiger partial charge in [-0.1, -0.05) is 6.07 Å². The number of nitrogens with zero attached hydrogens (tertiary/aromatic N) is 3. The lowest BCUT2D eigenvalue weighted by Gasteiger charge is -2.17. The smallest absolute Gasteiger partial charge is 0.308 e. The zero-order valence-corrected chi connectivity index (χ0v) is 15.2. The number of carboxylic acid groups (broad SMARTS) is 1. The van der Waals surface area contributed by atoms with Gasteiger partial charge in [0.25, 0.3) is 0 Å². The van der Waals surface area contributed by atoms with E-state index < -0.39 is 11.9 Å². The first-order valence-electron chi connectivity index (χ1n) is 8.82. The van der Waals surface area contributed by atoms with E-state index in [1.54, 1.807) is 21.9 Å². The number of amides is 1. The van der Waals surface area contributed by atoms with Crippen LogP contribution in [0.1, 0.15) is 22.9 Å². The molecule has 0 aliphatic carbocycles. The molecule has 0 radical (unpaired) electrons. The fourth-order valence-electron chi connectivity index (χ4n) is 3.69. The number of hydrogen-bond donors (Lipinski definition) is 1. The summed E-state index contributed by atoms with van der Waals surface area (Å²) in [5.41, 5.74) is 2.66. The third kappa shape index (κ3) is 3.11. The van der Waals surface area contributed by atoms with Crippen LogP contribution < -0.4 is 9.47 Å². The van der Waals surface area contributed by atoms with Gasteiger partial charge in [0.2, 0.25) is 12.7 Å². The zero-order valence-electron chi connectivity index (χ0n) is 15.2. The van der Waals surface area contributed by atoms with Crippen molar-refractivity contribution in [2.75, 3.05) is 19.9 Å². The standard InChI is InChI=1S/C19H21N3O5/c1-11-12(2)22(9-20-11)8-18(23)21-6-14(15(7-21)19(24)25)13-3-4-16-17(5-13)27-10-26-16/h3-5,9,14-15H,6-8,10H2,1-2H3,(H,24,25)/t14-,15+/m0/s1. The van der Waals surface area contributed by atoms with Crippen molar-refractivity contribution in [3.63, 3.8) is 0 Å². The second kappa shape index (κ2) is 6.61. The molecule has 0 bridgehead atoms. The minimum absolute atomic E-state index is 0.106. The fourth-order valence-corrected chi connectivity index (χ4v) is 3.69. The monoisotopic (exact) mass is 371 g/mol. The van der Waals surface area contributed by atoms with Gasteiger partial charge >= 0.3 is 5.97 Å². The molecule has 4 rings (SSSR count). The van der Waals surface area contributed by atoms with Crippen LogP contribution in [0.15, 0.2) is 24.5 Å². The fraction of sp³-hybridized carbons (Fsp3) is 0.421. The Hall–Kier alpha value is -3.03. The van der Waals surface area contributed by atoms with Crippen LogP contribution >= 0.6 is 0 Å². The molecule has 3 heterocycles. The van der Waals surface area contributed by atoms with Gasteiger partial charge in [0.1, 0.15) is 6.54 Å². The summed E-state index contributed by atoms with van der Waals surface area (Å²) in [5.74, 6) is -0.674. The minimum atomic E-state index is -0.900. The summed E-state index contributed by atoms with van der Waals surface area (Å²) in [7, 11) is 0. The van der Waals surface area contributed by atoms with E-state index >= 15 is 0 Å². The molecule has 2 aliphatic heterocycles. The number of ether oxygens (including phenoxy) is 2. The SMILES string of the molecule is Cc1ncn(CC(=O)N2C[C@@H](C(=O)O)[C@H](c3ccc4c(c3)OCO4)C2)c1C. The van der Waals surface area contributed by atoms with E-state index in [2.05, 4.69) is 4.98 Å². The molecule has 2 atom stereocenters. The van der Waals surface area contributed by atoms with Gasteiger partial charge in [0, 0.05) is 24.7 Å². The first-order chi connectivity index (χ1) is 12.9. The van der Waals surface area contributed by atoms with Crippen molar-refractivity contribution in [3.8, 4) is 11.5 Å². The van der Waals surface area contributed by atoms with Crippen molar-refractivity contribution in [1.29, 1.82) is 0 Å². The van der Waals surface area contributed by atoms with E-state index in [1.165, 1.54) is 0 Å². The first-order valence-corrected chi connectivity index (χ1v) is 8.82. The van der Waals surface area contributed by atoms with Gasteiger partial charge in [-0.3, -0.25) is 9.59 Å². The van der Waals surface area contributed by atoms with Crippen LogP contribution in [0.4, 0.5) is 0 Å². The molecule has 1 N–H and O–H groups in total. The molecule has 1 saturated heterocycles. The Morgan fingerprint density at radius 1 is 1.22 bits per heavy atom. The third-order valence-electron chi connectivity index (χ3n) is 5.47. The molecule has 1 amide bonds. The molecular formula is C19H21N3O5. The van der Waals surface area contributed by atoms with Crippen molar-refractivity contribution >= 4 is 11.9 Å². The summed E-state index contributed by atoms with van der Waals surface area (Å²) in [4.78, 5) is 30.4. The largest absolute Gasteiger partial charge is 0.481 e. The molecule has 1 fully saturated rings. The van der Waals surface area contributed by atoms with Gasteiger partial charge < -0.3 is 24.0 Å². The number of carbonyl (C=O) groups excluding carboxylic acids is 1. The summed E-state index contributed by atoms with van der Waals surface area (Å²) in [6, 6.07) is 5.46. The van der Waals surface area contributed by atoms with E-state index in [0.717, 1.165) is 17.0 Å². The second-order valence-electron chi connectivity index (χ2n) is 7.01. The summed E-state index contributed by atoms with van der Waals surface area (Å²) >= 11 is 0. The Morgan fingerprint density at radius 2 is 2.00 bits per heavy atom. The van der Waals surface area contributed by atoms with Crippen LogP contribution in [0, 0.1) is 19.8 Å². The summed E-state index contributed by atoms with van der Waals surface area (Å²) < 4.78 is 12.5. The maximum atomic E-state index is 12.7. The lowest BCUT2D eigenvalue weighted by Crippen LogP contribution is -2.32. The number of imidazole rings is 1. The van der Waals surface area contributed by atoms with Gasteiger partial charge in [-0.05, 0) is 31.5 Å². The maximum absolute atomic E-state index is 12.7. The van der Waals surface area contributed by atoms with Crippen LogP contribution in [-0.2, 0) is 16.1 Å². The zero-order chi connectivity index (χ0) is 19.1. The number of hydrogen-bond acceptors (Lipinski definition) is 5. The van der Waals surface area contributed by atoms with Crippen LogP contribution in [0.25, 0.3) is 0 Å². The van der Waals surface area contributed by atoms with Gasteiger partial charge in [-0.15, -0.1) is 0 Å². The summed E-state index contributed by atoms with van der Waals surface area (Å²) in [6.07, 6.45) is 1.64. The highest BCUT2D eigenvalue weighted by molar-refractivity contribution is 5.79. The maximum Gasteiger partial charge on any atom is 0.308 e. The van der Waals surface area contributed by atoms with E-state index in [1.807, 2.05) is 26.0 Å². The van der Waals surface area contributed by atoms with E-state index in [0.29, 0.717) is 18.0 Å². The van der Waals surface area contributed by atoms with E-state index in [-0.39, 0.29) is 31.7 Å². The molecule has 0 spiro atoms. The number of benzene rings is 1. The molecule has 1 aromatic heterocycles. The van der Waals surface area contributed by atoms with Crippen LogP contribution in [0.3, 0.4) is 0 Å². The second-order valence-corrected chi connectivity index (χ2v) is 7.01. The van der Waals surface area contributed by atoms with Crippen molar-refractivity contribution in [2.24, 2.45) is 5.92 Å². The van der Waals surface area contributed by atoms with E-state index in [9.17, 15) is 14.7 Å². The normalized spacial score (nSPS) is 20.9. The number of carbonyl (C=O) groups is 2. The Morgan fingerprint density at radius 3 is 2.70 bits per heavy atom. The highest BCUT2D eigenvalue weighted by Gasteiger charge is 2.41. The topological polar surface area (TPSA) is 93.9 Å². The molecule has 27 heavy (non-hydrogen) atoms. The number of aliphatic carboxylic acids is 1. The molecule has 2 aliphatic rings. The van der Waals surface area contributed by atoms with Crippen molar-refractivity contribution in [1.82, 2.24) is 14.5 Å². The third-order valence-corrected chi connectivity index (χ3v) is 5.47. The van der Waals surface area contributed by atoms with Gasteiger partial charge in [-0.2, -0.15) is 0 Å². The molecule has 1 aromatic carbocycles. The van der Waals surface area contributed by atoms with E-state index in [4.69, 9.17) is 9.47 Å². The Balaban J connectivity index is 1.54. The molecule has 0 unspecified atom stereocenters. The first kappa shape index (κ1) is 17.4. The summed E-state index contributed by atoms with van der Waals surface area (Å²) in [5, 5.41) is 9.67. The molecule has 2 aromatic rings. The number of aryl methyl sites for hydroxylation is 1. The average molecular weight is 371 g/mol. The Bertz CT molecular complexity index is 907. The molecule has 142 valence electrons. The average Bonchev–Trinajstić information content (AvgIpc) is 3.35. The van der Waals surface area contributed by atoms with Crippen LogP contribution in [0.5, 0.6) is 11.5 Å². The van der Waals surface area contributed by atoms with Gasteiger partial charge in [0.05, 0.1) is 17.9 Å². The predicted molar refractivity (Wildman–Crippen MR) is 94.7 cm³/mol. The summed E-state index contributed by atoms with van der Waals surface area (Å²) in [6.45, 7) is 4.69. The van der Waals surface area contributed by atoms with Crippen molar-refractivity contribution in [2.45, 2.75) is 26.3 Å². The molecule has 8 nitrogen and oxygen atoms in total. The molecule has 8 heteroatoms. The van der Waals surface area contributed by atoms with Crippen molar-refractivity contribution in [3.05, 3.63) is 41.5 Å². The predicted octanol–water partition coefficient (Wildman–Crippen LogP) is 1.56. The minimum Gasteiger partial charge on any atom is -0.481 e. The molecular weight excluding hydrogens is 350 g/mol. The number of likely N-dealkylation sites (tertiary alicyclic amines) is 1. The van der Waals surface area contributed by atoms with Crippen LogP contribution in [-0.4, -0.2) is 51.3 Å². The van der Waals surface area contributed by atoms with Gasteiger partial charge in [0.15, 0.2) is 11.5 Å². The number of rotatable bonds is 4. The number of carboxylic acids is 1. The number of fused-ring (bicyclic) bond motifs is 1. The number of aromatic nitrogens is 2. The highest BCUT2D eigenvalue weighted by Crippen LogP contribution is 2.39. The lowest BCUT2D eigenvalue weighted by atomic mass is 9.89.